The van der Waals surface area contributed by atoms with Crippen molar-refractivity contribution in [2.45, 2.75) is 105 Å². The molecular weight excluding hydrogens is 512 g/mol. The van der Waals surface area contributed by atoms with Crippen LogP contribution in [0.3, 0.4) is 0 Å². The van der Waals surface area contributed by atoms with Crippen LogP contribution in [-0.4, -0.2) is 46.3 Å². The van der Waals surface area contributed by atoms with Crippen molar-refractivity contribution in [2.75, 3.05) is 0 Å². The van der Waals surface area contributed by atoms with Gasteiger partial charge in [0.25, 0.3) is 0 Å². The van der Waals surface area contributed by atoms with Gasteiger partial charge >= 0.3 is 23.9 Å². The summed E-state index contributed by atoms with van der Waals surface area (Å²) in [5, 5.41) is 0. The molecule has 1 aromatic carbocycles. The van der Waals surface area contributed by atoms with E-state index in [9.17, 15) is 19.2 Å². The molecule has 8 nitrogen and oxygen atoms in total. The minimum atomic E-state index is -0.883. The Balaban J connectivity index is 2.90. The van der Waals surface area contributed by atoms with Crippen LogP contribution in [0.5, 0.6) is 0 Å². The van der Waals surface area contributed by atoms with Gasteiger partial charge in [0.15, 0.2) is 11.1 Å². The topological polar surface area (TPSA) is 105 Å². The molecule has 0 radical (unpaired) electrons. The summed E-state index contributed by atoms with van der Waals surface area (Å²) in [5.74, 6) is -3.46. The van der Waals surface area contributed by atoms with E-state index in [0.29, 0.717) is 11.1 Å². The zero-order valence-electron chi connectivity index (χ0n) is 25.7. The maximum Gasteiger partial charge on any atom is 0.346 e. The van der Waals surface area contributed by atoms with Gasteiger partial charge in [-0.3, -0.25) is 0 Å². The van der Waals surface area contributed by atoms with E-state index in [1.165, 1.54) is 12.2 Å². The quantitative estimate of drug-likeness (QED) is 0.144. The predicted octanol–water partition coefficient (Wildman–Crippen LogP) is 6.13. The van der Waals surface area contributed by atoms with Gasteiger partial charge in [-0.1, -0.05) is 36.4 Å². The van der Waals surface area contributed by atoms with E-state index in [1.54, 1.807) is 107 Å². The van der Waals surface area contributed by atoms with Crippen molar-refractivity contribution < 1.29 is 38.1 Å². The summed E-state index contributed by atoms with van der Waals surface area (Å²) in [7, 11) is 0. The Morgan fingerprint density at radius 1 is 0.425 bits per heavy atom. The van der Waals surface area contributed by atoms with Crippen molar-refractivity contribution in [3.05, 3.63) is 58.7 Å². The second-order valence-corrected chi connectivity index (χ2v) is 13.5. The van der Waals surface area contributed by atoms with E-state index in [0.717, 1.165) is 0 Å². The summed E-state index contributed by atoms with van der Waals surface area (Å²) in [5.41, 5.74) is -2.66. The number of hydrogen-bond donors (Lipinski definition) is 0. The molecule has 2 aliphatic carbocycles. The van der Waals surface area contributed by atoms with Crippen LogP contribution in [0.4, 0.5) is 0 Å². The monoisotopic (exact) mass is 554 g/mol. The molecule has 3 rings (SSSR count). The fourth-order valence-electron chi connectivity index (χ4n) is 3.57. The lowest BCUT2D eigenvalue weighted by Crippen LogP contribution is -2.32. The van der Waals surface area contributed by atoms with Crippen LogP contribution in [-0.2, 0) is 38.1 Å². The molecule has 8 heteroatoms. The number of carbonyl (C=O) groups is 4. The standard InChI is InChI=1S/C32H42O8/c1-29(2,3)37-25(33)23(26(34)38-30(4,5)6)21-17-18-22(20-15-13-19(21)14-16-20)24(27(35)39-31(7,8)9)28(36)40-32(10,11)12/h13-18H,1-12H3/b18-17-. The molecule has 0 saturated heterocycles. The second kappa shape index (κ2) is 11.4. The molecule has 0 amide bonds. The minimum Gasteiger partial charge on any atom is -0.456 e. The maximum atomic E-state index is 13.4. The van der Waals surface area contributed by atoms with E-state index in [-0.39, 0.29) is 22.3 Å². The Kier molecular flexibility index (Phi) is 9.30. The number of esters is 4. The number of ether oxygens (including phenoxy) is 4. The first-order valence-electron chi connectivity index (χ1n) is 13.2. The highest BCUT2D eigenvalue weighted by Crippen LogP contribution is 2.33. The molecule has 0 aromatic heterocycles. The van der Waals surface area contributed by atoms with Crippen LogP contribution in [0.15, 0.2) is 47.6 Å². The van der Waals surface area contributed by atoms with Crippen molar-refractivity contribution in [3.63, 3.8) is 0 Å². The first-order valence-corrected chi connectivity index (χ1v) is 13.2. The molecule has 40 heavy (non-hydrogen) atoms. The highest BCUT2D eigenvalue weighted by Gasteiger charge is 2.34. The molecule has 218 valence electrons. The molecule has 0 unspecified atom stereocenters. The third-order valence-corrected chi connectivity index (χ3v) is 4.87. The van der Waals surface area contributed by atoms with E-state index >= 15 is 0 Å². The predicted molar refractivity (Wildman–Crippen MR) is 153 cm³/mol. The molecule has 0 heterocycles. The third kappa shape index (κ3) is 9.50. The first-order chi connectivity index (χ1) is 18.0. The fraction of sp³-hybridized carbons (Fsp3) is 0.500. The van der Waals surface area contributed by atoms with Crippen molar-refractivity contribution in [1.82, 2.24) is 0 Å². The molecule has 0 fully saturated rings. The summed E-state index contributed by atoms with van der Waals surface area (Å²) in [6.07, 6.45) is 2.99. The van der Waals surface area contributed by atoms with E-state index < -0.39 is 46.3 Å². The molecule has 0 N–H and O–H groups in total. The summed E-state index contributed by atoms with van der Waals surface area (Å²) in [6.45, 7) is 20.3. The van der Waals surface area contributed by atoms with Gasteiger partial charge in [0.2, 0.25) is 0 Å². The van der Waals surface area contributed by atoms with Gasteiger partial charge in [-0.15, -0.1) is 0 Å². The Bertz CT molecular complexity index is 1100. The molecule has 0 aliphatic heterocycles. The van der Waals surface area contributed by atoms with Gasteiger partial charge < -0.3 is 18.9 Å². The van der Waals surface area contributed by atoms with E-state index in [2.05, 4.69) is 0 Å². The first kappa shape index (κ1) is 32.5. The molecule has 2 bridgehead atoms. The third-order valence-electron chi connectivity index (χ3n) is 4.87. The maximum absolute atomic E-state index is 13.4. The molecule has 0 spiro atoms. The average molecular weight is 555 g/mol. The van der Waals surface area contributed by atoms with Crippen LogP contribution >= 0.6 is 0 Å². The Hall–Kier alpha value is -3.68. The van der Waals surface area contributed by atoms with Gasteiger partial charge in [0, 0.05) is 11.1 Å². The lowest BCUT2D eigenvalue weighted by atomic mass is 9.90. The van der Waals surface area contributed by atoms with Crippen LogP contribution in [0.2, 0.25) is 0 Å². The summed E-state index contributed by atoms with van der Waals surface area (Å²) < 4.78 is 22.3. The summed E-state index contributed by atoms with van der Waals surface area (Å²) in [6, 6.07) is 6.74. The Morgan fingerprint density at radius 3 is 0.800 bits per heavy atom. The van der Waals surface area contributed by atoms with E-state index in [1.807, 2.05) is 0 Å². The van der Waals surface area contributed by atoms with Crippen LogP contribution in [0.25, 0.3) is 11.1 Å². The number of allylic oxidation sites excluding steroid dienone is 4. The van der Waals surface area contributed by atoms with E-state index in [4.69, 9.17) is 18.9 Å². The van der Waals surface area contributed by atoms with Gasteiger partial charge in [0.05, 0.1) is 0 Å². The fourth-order valence-corrected chi connectivity index (χ4v) is 3.57. The highest BCUT2D eigenvalue weighted by atomic mass is 16.6. The smallest absolute Gasteiger partial charge is 0.346 e. The van der Waals surface area contributed by atoms with Crippen molar-refractivity contribution in [2.24, 2.45) is 0 Å². The number of hydrogen-bond acceptors (Lipinski definition) is 8. The Labute approximate surface area is 237 Å². The minimum absolute atomic E-state index is 0.208. The molecule has 1 aromatic rings. The highest BCUT2D eigenvalue weighted by molar-refractivity contribution is 6.23. The molecule has 2 aliphatic rings. The van der Waals surface area contributed by atoms with Gasteiger partial charge in [-0.05, 0) is 94.2 Å². The summed E-state index contributed by atoms with van der Waals surface area (Å²) >= 11 is 0. The van der Waals surface area contributed by atoms with Gasteiger partial charge in [-0.2, -0.15) is 0 Å². The van der Waals surface area contributed by atoms with Crippen LogP contribution in [0.1, 0.15) is 94.2 Å². The number of carbonyl (C=O) groups excluding carboxylic acids is 4. The second-order valence-electron chi connectivity index (χ2n) is 13.5. The summed E-state index contributed by atoms with van der Waals surface area (Å²) in [4.78, 5) is 53.4. The van der Waals surface area contributed by atoms with Crippen molar-refractivity contribution in [1.29, 1.82) is 0 Å². The average Bonchev–Trinajstić information content (AvgIpc) is 2.68. The number of rotatable bonds is 4. The number of fused-ring (bicyclic) bond motifs is 4. The molecule has 0 saturated carbocycles. The van der Waals surface area contributed by atoms with Gasteiger partial charge in [-0.25, -0.2) is 19.2 Å². The molecular formula is C32H42O8. The lowest BCUT2D eigenvalue weighted by molar-refractivity contribution is -0.160. The Morgan fingerprint density at radius 2 is 0.625 bits per heavy atom. The normalized spacial score (nSPS) is 14.5. The zero-order valence-corrected chi connectivity index (χ0v) is 25.7. The number of benzene rings is 1. The SMILES string of the molecule is CC(C)(C)OC(=O)C(C(=O)OC(C)(C)C)=C1/C=C\C(=C(C(=O)OC(C)(C)C)C(=O)OC(C)(C)C)c2ccc1cc2. The van der Waals surface area contributed by atoms with Crippen LogP contribution in [0, 0.1) is 0 Å². The largest absolute Gasteiger partial charge is 0.456 e. The van der Waals surface area contributed by atoms with Crippen molar-refractivity contribution in [3.8, 4) is 0 Å². The van der Waals surface area contributed by atoms with Gasteiger partial charge in [0.1, 0.15) is 22.4 Å². The molecule has 0 atom stereocenters. The zero-order chi connectivity index (χ0) is 30.8. The van der Waals surface area contributed by atoms with Crippen molar-refractivity contribution >= 4 is 35.0 Å². The van der Waals surface area contributed by atoms with Crippen LogP contribution < -0.4 is 0 Å². The lowest BCUT2D eigenvalue weighted by Gasteiger charge is -2.25.